The number of nitro groups is 1. The molecule has 0 atom stereocenters. The number of para-hydroxylation sites is 1. The SMILES string of the molecule is O=[N+]([O-])c1ccccc1-c1cnsc1. The van der Waals surface area contributed by atoms with E-state index in [4.69, 9.17) is 0 Å². The molecule has 0 bridgehead atoms. The average Bonchev–Trinajstić information content (AvgIpc) is 2.70. The van der Waals surface area contributed by atoms with Gasteiger partial charge in [-0.1, -0.05) is 12.1 Å². The van der Waals surface area contributed by atoms with E-state index >= 15 is 0 Å². The van der Waals surface area contributed by atoms with Crippen molar-refractivity contribution in [2.75, 3.05) is 0 Å². The van der Waals surface area contributed by atoms with E-state index in [2.05, 4.69) is 4.37 Å². The van der Waals surface area contributed by atoms with E-state index in [0.29, 0.717) is 5.56 Å². The van der Waals surface area contributed by atoms with Gasteiger partial charge in [0.1, 0.15) is 0 Å². The maximum atomic E-state index is 10.7. The summed E-state index contributed by atoms with van der Waals surface area (Å²) in [6.07, 6.45) is 1.63. The number of nitrogens with zero attached hydrogens (tertiary/aromatic N) is 2. The number of aromatic nitrogens is 1. The second-order valence-electron chi connectivity index (χ2n) is 2.69. The van der Waals surface area contributed by atoms with Crippen LogP contribution in [0.5, 0.6) is 0 Å². The van der Waals surface area contributed by atoms with Gasteiger partial charge in [0, 0.05) is 23.2 Å². The van der Waals surface area contributed by atoms with Crippen molar-refractivity contribution in [3.8, 4) is 11.1 Å². The first-order valence-electron chi connectivity index (χ1n) is 3.92. The van der Waals surface area contributed by atoms with Crippen molar-refractivity contribution in [2.24, 2.45) is 0 Å². The molecule has 4 nitrogen and oxygen atoms in total. The molecule has 0 aliphatic carbocycles. The Hall–Kier alpha value is -1.75. The Balaban J connectivity index is 2.58. The lowest BCUT2D eigenvalue weighted by atomic mass is 10.1. The van der Waals surface area contributed by atoms with Crippen LogP contribution in [0.4, 0.5) is 5.69 Å². The fourth-order valence-corrected chi connectivity index (χ4v) is 1.75. The Bertz CT molecular complexity index is 454. The van der Waals surface area contributed by atoms with E-state index in [1.165, 1.54) is 17.6 Å². The van der Waals surface area contributed by atoms with Crippen molar-refractivity contribution in [2.45, 2.75) is 0 Å². The normalized spacial score (nSPS) is 10.0. The van der Waals surface area contributed by atoms with Gasteiger partial charge in [0.15, 0.2) is 0 Å². The molecule has 1 aromatic heterocycles. The van der Waals surface area contributed by atoms with Crippen molar-refractivity contribution < 1.29 is 4.92 Å². The first kappa shape index (κ1) is 8.83. The van der Waals surface area contributed by atoms with Crippen LogP contribution in [0.25, 0.3) is 11.1 Å². The molecule has 2 rings (SSSR count). The lowest BCUT2D eigenvalue weighted by Gasteiger charge is -1.98. The number of benzene rings is 1. The average molecular weight is 206 g/mol. The number of rotatable bonds is 2. The molecule has 2 aromatic rings. The van der Waals surface area contributed by atoms with Gasteiger partial charge in [0.25, 0.3) is 5.69 Å². The molecular formula is C9H6N2O2S. The van der Waals surface area contributed by atoms with Gasteiger partial charge in [0.2, 0.25) is 0 Å². The van der Waals surface area contributed by atoms with Crippen LogP contribution in [0.3, 0.4) is 0 Å². The molecular weight excluding hydrogens is 200 g/mol. The lowest BCUT2D eigenvalue weighted by Crippen LogP contribution is -1.90. The molecule has 70 valence electrons. The molecule has 0 fully saturated rings. The van der Waals surface area contributed by atoms with Gasteiger partial charge < -0.3 is 0 Å². The van der Waals surface area contributed by atoms with E-state index in [0.717, 1.165) is 5.56 Å². The predicted octanol–water partition coefficient (Wildman–Crippen LogP) is 2.72. The first-order chi connectivity index (χ1) is 6.79. The maximum Gasteiger partial charge on any atom is 0.277 e. The summed E-state index contributed by atoms with van der Waals surface area (Å²) in [5, 5.41) is 12.5. The monoisotopic (exact) mass is 206 g/mol. The largest absolute Gasteiger partial charge is 0.277 e. The van der Waals surface area contributed by atoms with Crippen molar-refractivity contribution in [3.05, 3.63) is 46.0 Å². The molecule has 1 heterocycles. The van der Waals surface area contributed by atoms with Crippen molar-refractivity contribution in [1.29, 1.82) is 0 Å². The van der Waals surface area contributed by atoms with E-state index < -0.39 is 0 Å². The molecule has 0 saturated carbocycles. The van der Waals surface area contributed by atoms with Crippen LogP contribution in [0.2, 0.25) is 0 Å². The van der Waals surface area contributed by atoms with Gasteiger partial charge in [-0.05, 0) is 17.6 Å². The van der Waals surface area contributed by atoms with Crippen LogP contribution in [0.1, 0.15) is 0 Å². The molecule has 0 spiro atoms. The minimum Gasteiger partial charge on any atom is -0.258 e. The fraction of sp³-hybridized carbons (Fsp3) is 0. The van der Waals surface area contributed by atoms with E-state index in [9.17, 15) is 10.1 Å². The zero-order valence-corrected chi connectivity index (χ0v) is 7.90. The van der Waals surface area contributed by atoms with Crippen LogP contribution in [0, 0.1) is 10.1 Å². The van der Waals surface area contributed by atoms with Gasteiger partial charge in [-0.3, -0.25) is 10.1 Å². The molecule has 0 N–H and O–H groups in total. The minimum absolute atomic E-state index is 0.118. The van der Waals surface area contributed by atoms with E-state index in [-0.39, 0.29) is 10.6 Å². The quantitative estimate of drug-likeness (QED) is 0.560. The molecule has 0 unspecified atom stereocenters. The topological polar surface area (TPSA) is 56.0 Å². The molecule has 0 aliphatic rings. The predicted molar refractivity (Wildman–Crippen MR) is 54.2 cm³/mol. The first-order valence-corrected chi connectivity index (χ1v) is 4.76. The fourth-order valence-electron chi connectivity index (χ4n) is 1.21. The number of hydrogen-bond donors (Lipinski definition) is 0. The third kappa shape index (κ3) is 1.49. The van der Waals surface area contributed by atoms with Crippen LogP contribution >= 0.6 is 11.5 Å². The number of nitro benzene ring substituents is 1. The summed E-state index contributed by atoms with van der Waals surface area (Å²) in [6.45, 7) is 0. The van der Waals surface area contributed by atoms with Crippen molar-refractivity contribution in [3.63, 3.8) is 0 Å². The van der Waals surface area contributed by atoms with Gasteiger partial charge in [-0.2, -0.15) is 0 Å². The van der Waals surface area contributed by atoms with Gasteiger partial charge >= 0.3 is 0 Å². The molecule has 0 aliphatic heterocycles. The van der Waals surface area contributed by atoms with Gasteiger partial charge in [0.05, 0.1) is 10.5 Å². The summed E-state index contributed by atoms with van der Waals surface area (Å²) < 4.78 is 3.92. The highest BCUT2D eigenvalue weighted by Gasteiger charge is 2.14. The van der Waals surface area contributed by atoms with Crippen LogP contribution < -0.4 is 0 Å². The summed E-state index contributed by atoms with van der Waals surface area (Å²) in [6, 6.07) is 6.65. The molecule has 0 amide bonds. The Morgan fingerprint density at radius 3 is 2.79 bits per heavy atom. The third-order valence-electron chi connectivity index (χ3n) is 1.84. The highest BCUT2D eigenvalue weighted by atomic mass is 32.1. The standard InChI is InChI=1S/C9H6N2O2S/c12-11(13)9-4-2-1-3-8(9)7-5-10-14-6-7/h1-6H. The van der Waals surface area contributed by atoms with Crippen molar-refractivity contribution in [1.82, 2.24) is 4.37 Å². The smallest absolute Gasteiger partial charge is 0.258 e. The Kier molecular flexibility index (Phi) is 2.24. The maximum absolute atomic E-state index is 10.7. The van der Waals surface area contributed by atoms with Crippen molar-refractivity contribution >= 4 is 17.2 Å². The van der Waals surface area contributed by atoms with Gasteiger partial charge in [-0.15, -0.1) is 0 Å². The second kappa shape index (κ2) is 3.55. The molecule has 0 saturated heterocycles. The summed E-state index contributed by atoms with van der Waals surface area (Å²) in [5.74, 6) is 0. The third-order valence-corrected chi connectivity index (χ3v) is 2.43. The van der Waals surface area contributed by atoms with Gasteiger partial charge in [-0.25, -0.2) is 4.37 Å². The Morgan fingerprint density at radius 2 is 2.14 bits per heavy atom. The van der Waals surface area contributed by atoms with Crippen LogP contribution in [-0.4, -0.2) is 9.30 Å². The zero-order chi connectivity index (χ0) is 9.97. The Labute approximate surface area is 84.1 Å². The highest BCUT2D eigenvalue weighted by molar-refractivity contribution is 7.03. The summed E-state index contributed by atoms with van der Waals surface area (Å²) in [7, 11) is 0. The molecule has 0 radical (unpaired) electrons. The summed E-state index contributed by atoms with van der Waals surface area (Å²) >= 11 is 1.28. The van der Waals surface area contributed by atoms with Crippen LogP contribution in [0.15, 0.2) is 35.8 Å². The lowest BCUT2D eigenvalue weighted by molar-refractivity contribution is -0.384. The number of hydrogen-bond acceptors (Lipinski definition) is 4. The zero-order valence-electron chi connectivity index (χ0n) is 7.08. The summed E-state index contributed by atoms with van der Waals surface area (Å²) in [5.41, 5.74) is 1.53. The van der Waals surface area contributed by atoms with Crippen LogP contribution in [-0.2, 0) is 0 Å². The highest BCUT2D eigenvalue weighted by Crippen LogP contribution is 2.29. The molecule has 14 heavy (non-hydrogen) atoms. The Morgan fingerprint density at radius 1 is 1.36 bits per heavy atom. The molecule has 5 heteroatoms. The minimum atomic E-state index is -0.382. The van der Waals surface area contributed by atoms with E-state index in [1.54, 1.807) is 29.8 Å². The second-order valence-corrected chi connectivity index (χ2v) is 3.34. The van der Waals surface area contributed by atoms with E-state index in [1.807, 2.05) is 0 Å². The summed E-state index contributed by atoms with van der Waals surface area (Å²) in [4.78, 5) is 10.3. The molecule has 1 aromatic carbocycles.